The Morgan fingerprint density at radius 2 is 2.21 bits per heavy atom. The highest BCUT2D eigenvalue weighted by molar-refractivity contribution is 6.31. The number of benzene rings is 1. The average Bonchev–Trinajstić information content (AvgIpc) is 2.62. The number of aliphatic hydroxyl groups is 1. The van der Waals surface area contributed by atoms with E-state index in [1.165, 1.54) is 30.6 Å². The summed E-state index contributed by atoms with van der Waals surface area (Å²) in [5.74, 6) is 5.25. The number of aromatic nitrogens is 2. The normalized spacial score (nSPS) is 12.1. The summed E-state index contributed by atoms with van der Waals surface area (Å²) in [6.45, 7) is -0.304. The smallest absolute Gasteiger partial charge is 0.317 e. The van der Waals surface area contributed by atoms with Gasteiger partial charge in [0.05, 0.1) is 24.2 Å². The minimum atomic E-state index is -2.57. The van der Waals surface area contributed by atoms with Gasteiger partial charge in [-0.05, 0) is 18.2 Å². The van der Waals surface area contributed by atoms with Crippen molar-refractivity contribution in [3.8, 4) is 6.01 Å². The third kappa shape index (κ3) is 5.06. The van der Waals surface area contributed by atoms with Gasteiger partial charge in [0.25, 0.3) is 6.43 Å². The van der Waals surface area contributed by atoms with Gasteiger partial charge in [0.2, 0.25) is 0 Å². The molecule has 0 atom stereocenters. The topological polar surface area (TPSA) is 106 Å². The van der Waals surface area contributed by atoms with E-state index in [1.807, 2.05) is 0 Å². The van der Waals surface area contributed by atoms with Gasteiger partial charge >= 0.3 is 6.01 Å². The zero-order chi connectivity index (χ0) is 17.4. The molecule has 0 saturated heterocycles. The molecule has 0 radical (unpaired) electrons. The standard InChI is InChI=1S/C15H15F2N5O2/c16-14(17)10-2-1-3-11(6-10)20-7-13(22-18)9-24-15-19-5-4-12(8-23)21-15/h1-7,14,23H,8-9,18H2. The Kier molecular flexibility index (Phi) is 6.26. The molecule has 2 aromatic rings. The Bertz CT molecular complexity index is 737. The number of rotatable bonds is 7. The predicted octanol–water partition coefficient (Wildman–Crippen LogP) is 2.00. The monoisotopic (exact) mass is 335 g/mol. The Labute approximate surface area is 136 Å². The number of nitrogens with two attached hydrogens (primary N) is 1. The van der Waals surface area contributed by atoms with E-state index in [2.05, 4.69) is 20.1 Å². The number of aliphatic imine (C=N–C) groups is 1. The summed E-state index contributed by atoms with van der Waals surface area (Å²) in [6.07, 6.45) is 0.180. The van der Waals surface area contributed by atoms with Crippen molar-refractivity contribution in [2.45, 2.75) is 13.0 Å². The van der Waals surface area contributed by atoms with Crippen molar-refractivity contribution in [2.75, 3.05) is 6.61 Å². The molecule has 0 amide bonds. The highest BCUT2D eigenvalue weighted by atomic mass is 19.3. The van der Waals surface area contributed by atoms with E-state index in [0.717, 1.165) is 0 Å². The first-order chi connectivity index (χ1) is 11.6. The number of hydrogen-bond donors (Lipinski definition) is 2. The number of aliphatic hydroxyl groups excluding tert-OH is 1. The van der Waals surface area contributed by atoms with Crippen LogP contribution in [0.4, 0.5) is 14.5 Å². The molecule has 0 unspecified atom stereocenters. The van der Waals surface area contributed by atoms with Gasteiger partial charge in [0.1, 0.15) is 12.3 Å². The van der Waals surface area contributed by atoms with Crippen LogP contribution in [0.15, 0.2) is 46.6 Å². The van der Waals surface area contributed by atoms with Crippen LogP contribution in [-0.4, -0.2) is 33.6 Å². The maximum absolute atomic E-state index is 12.6. The van der Waals surface area contributed by atoms with Gasteiger partial charge < -0.3 is 15.7 Å². The van der Waals surface area contributed by atoms with E-state index in [0.29, 0.717) is 11.4 Å². The molecule has 0 saturated carbocycles. The highest BCUT2D eigenvalue weighted by Crippen LogP contribution is 2.22. The van der Waals surface area contributed by atoms with Crippen molar-refractivity contribution in [1.82, 2.24) is 9.97 Å². The van der Waals surface area contributed by atoms with Gasteiger partial charge in [-0.25, -0.2) is 13.8 Å². The molecular formula is C15H15F2N5O2. The fraction of sp³-hybridized carbons (Fsp3) is 0.200. The summed E-state index contributed by atoms with van der Waals surface area (Å²) in [7, 11) is 0. The van der Waals surface area contributed by atoms with Gasteiger partial charge in [-0.3, -0.25) is 4.99 Å². The molecule has 0 aliphatic carbocycles. The quantitative estimate of drug-likeness (QED) is 0.457. The molecule has 7 nitrogen and oxygen atoms in total. The minimum absolute atomic E-state index is 0.0517. The van der Waals surface area contributed by atoms with E-state index in [-0.39, 0.29) is 30.5 Å². The minimum Gasteiger partial charge on any atom is -0.457 e. The molecule has 24 heavy (non-hydrogen) atoms. The molecule has 126 valence electrons. The number of nitrogens with zero attached hydrogens (tertiary/aromatic N) is 4. The van der Waals surface area contributed by atoms with Crippen LogP contribution in [0.1, 0.15) is 17.7 Å². The van der Waals surface area contributed by atoms with Crippen LogP contribution in [0.3, 0.4) is 0 Å². The highest BCUT2D eigenvalue weighted by Gasteiger charge is 2.07. The molecule has 1 aromatic heterocycles. The number of hydrogen-bond acceptors (Lipinski definition) is 7. The summed E-state index contributed by atoms with van der Waals surface area (Å²) in [5, 5.41) is 12.5. The molecule has 0 spiro atoms. The molecule has 0 aliphatic rings. The molecule has 0 fully saturated rings. The van der Waals surface area contributed by atoms with Crippen LogP contribution in [-0.2, 0) is 6.61 Å². The van der Waals surface area contributed by atoms with Gasteiger partial charge in [-0.15, -0.1) is 0 Å². The number of alkyl halides is 2. The predicted molar refractivity (Wildman–Crippen MR) is 84.6 cm³/mol. The van der Waals surface area contributed by atoms with Crippen LogP contribution in [0.2, 0.25) is 0 Å². The summed E-state index contributed by atoms with van der Waals surface area (Å²) < 4.78 is 30.6. The second-order valence-corrected chi connectivity index (χ2v) is 4.55. The van der Waals surface area contributed by atoms with Crippen molar-refractivity contribution >= 4 is 17.6 Å². The second-order valence-electron chi connectivity index (χ2n) is 4.55. The Balaban J connectivity index is 2.00. The molecule has 1 heterocycles. The molecule has 3 N–H and O–H groups in total. The van der Waals surface area contributed by atoms with Crippen LogP contribution in [0.25, 0.3) is 0 Å². The Morgan fingerprint density at radius 1 is 1.38 bits per heavy atom. The first kappa shape index (κ1) is 17.4. The van der Waals surface area contributed by atoms with E-state index in [4.69, 9.17) is 15.7 Å². The van der Waals surface area contributed by atoms with Crippen LogP contribution in [0, 0.1) is 0 Å². The van der Waals surface area contributed by atoms with E-state index >= 15 is 0 Å². The third-order valence-electron chi connectivity index (χ3n) is 2.85. The van der Waals surface area contributed by atoms with Gasteiger partial charge in [-0.2, -0.15) is 10.1 Å². The first-order valence-electron chi connectivity index (χ1n) is 6.87. The van der Waals surface area contributed by atoms with Crippen molar-refractivity contribution in [3.05, 3.63) is 47.8 Å². The van der Waals surface area contributed by atoms with E-state index < -0.39 is 6.43 Å². The average molecular weight is 335 g/mol. The van der Waals surface area contributed by atoms with Crippen molar-refractivity contribution in [2.24, 2.45) is 15.9 Å². The lowest BCUT2D eigenvalue weighted by Gasteiger charge is -2.04. The summed E-state index contributed by atoms with van der Waals surface area (Å²) in [4.78, 5) is 11.9. The lowest BCUT2D eigenvalue weighted by Crippen LogP contribution is -2.16. The first-order valence-corrected chi connectivity index (χ1v) is 6.87. The number of ether oxygens (including phenoxy) is 1. The zero-order valence-electron chi connectivity index (χ0n) is 12.5. The number of hydrazone groups is 1. The largest absolute Gasteiger partial charge is 0.457 e. The van der Waals surface area contributed by atoms with Gasteiger partial charge in [-0.1, -0.05) is 12.1 Å². The molecule has 9 heteroatoms. The molecular weight excluding hydrogens is 320 g/mol. The van der Waals surface area contributed by atoms with Crippen molar-refractivity contribution < 1.29 is 18.6 Å². The maximum atomic E-state index is 12.6. The van der Waals surface area contributed by atoms with Crippen molar-refractivity contribution in [1.29, 1.82) is 0 Å². The zero-order valence-corrected chi connectivity index (χ0v) is 12.5. The van der Waals surface area contributed by atoms with E-state index in [9.17, 15) is 8.78 Å². The SMILES string of the molecule is NN=C(C=Nc1cccc(C(F)F)c1)COc1nccc(CO)n1. The van der Waals surface area contributed by atoms with E-state index in [1.54, 1.807) is 12.1 Å². The fourth-order valence-corrected chi connectivity index (χ4v) is 1.67. The van der Waals surface area contributed by atoms with Crippen molar-refractivity contribution in [3.63, 3.8) is 0 Å². The maximum Gasteiger partial charge on any atom is 0.317 e. The fourth-order valence-electron chi connectivity index (χ4n) is 1.67. The molecule has 1 aromatic carbocycles. The van der Waals surface area contributed by atoms with Crippen LogP contribution in [0.5, 0.6) is 6.01 Å². The summed E-state index contributed by atoms with van der Waals surface area (Å²) in [6, 6.07) is 7.24. The summed E-state index contributed by atoms with van der Waals surface area (Å²) >= 11 is 0. The molecule has 0 bridgehead atoms. The Hall–Kier alpha value is -2.94. The Morgan fingerprint density at radius 3 is 2.92 bits per heavy atom. The lowest BCUT2D eigenvalue weighted by atomic mass is 10.2. The second kappa shape index (κ2) is 8.63. The third-order valence-corrected chi connectivity index (χ3v) is 2.85. The van der Waals surface area contributed by atoms with Gasteiger partial charge in [0, 0.05) is 11.8 Å². The molecule has 2 rings (SSSR count). The van der Waals surface area contributed by atoms with Gasteiger partial charge in [0.15, 0.2) is 0 Å². The van der Waals surface area contributed by atoms with Crippen LogP contribution < -0.4 is 10.6 Å². The number of halogens is 2. The van der Waals surface area contributed by atoms with Crippen LogP contribution >= 0.6 is 0 Å². The lowest BCUT2D eigenvalue weighted by molar-refractivity contribution is 0.151. The summed E-state index contributed by atoms with van der Waals surface area (Å²) in [5.41, 5.74) is 0.882. The molecule has 0 aliphatic heterocycles.